The predicted octanol–water partition coefficient (Wildman–Crippen LogP) is 4.42. The van der Waals surface area contributed by atoms with Crippen LogP contribution in [0.15, 0.2) is 30.6 Å². The van der Waals surface area contributed by atoms with Gasteiger partial charge in [0.15, 0.2) is 0 Å². The highest BCUT2D eigenvalue weighted by atomic mass is 16.5. The Hall–Kier alpha value is -2.24. The smallest absolute Gasteiger partial charge is 0.137 e. The fraction of sp³-hybridized carbons (Fsp3) is 0.478. The van der Waals surface area contributed by atoms with Gasteiger partial charge in [0.05, 0.1) is 11.4 Å². The summed E-state index contributed by atoms with van der Waals surface area (Å²) in [5, 5.41) is 1.17. The van der Waals surface area contributed by atoms with Crippen LogP contribution in [0.5, 0.6) is 0 Å². The highest BCUT2D eigenvalue weighted by Crippen LogP contribution is 2.32. The zero-order valence-electron chi connectivity index (χ0n) is 16.6. The zero-order chi connectivity index (χ0) is 18.9. The Bertz CT molecular complexity index is 968. The van der Waals surface area contributed by atoms with E-state index < -0.39 is 0 Å². The van der Waals surface area contributed by atoms with Crippen LogP contribution in [0.25, 0.3) is 22.3 Å². The van der Waals surface area contributed by atoms with Crippen LogP contribution in [0.2, 0.25) is 0 Å². The Morgan fingerprint density at radius 3 is 2.82 bits per heavy atom. The molecule has 0 amide bonds. The van der Waals surface area contributed by atoms with Crippen LogP contribution in [0.4, 0.5) is 0 Å². The van der Waals surface area contributed by atoms with Crippen LogP contribution in [0.1, 0.15) is 48.4 Å². The SMILES string of the molecule is Cc1c[nH]c2ncc(-c3ccc(C4CCOCC4)c(CN4CCCC4)n3)cc12. The van der Waals surface area contributed by atoms with E-state index in [4.69, 9.17) is 9.72 Å². The van der Waals surface area contributed by atoms with E-state index in [1.807, 2.05) is 12.4 Å². The Kier molecular flexibility index (Phi) is 4.87. The number of fused-ring (bicyclic) bond motifs is 1. The van der Waals surface area contributed by atoms with E-state index in [-0.39, 0.29) is 0 Å². The van der Waals surface area contributed by atoms with E-state index in [2.05, 4.69) is 40.0 Å². The summed E-state index contributed by atoms with van der Waals surface area (Å²) in [7, 11) is 0. The Balaban J connectivity index is 1.53. The molecule has 0 atom stereocenters. The van der Waals surface area contributed by atoms with Crippen LogP contribution >= 0.6 is 0 Å². The zero-order valence-corrected chi connectivity index (χ0v) is 16.6. The topological polar surface area (TPSA) is 54.0 Å². The summed E-state index contributed by atoms with van der Waals surface area (Å²) < 4.78 is 5.59. The number of likely N-dealkylation sites (tertiary alicyclic amines) is 1. The number of nitrogens with zero attached hydrogens (tertiary/aromatic N) is 3. The second-order valence-electron chi connectivity index (χ2n) is 8.19. The van der Waals surface area contributed by atoms with Crippen molar-refractivity contribution in [1.82, 2.24) is 19.9 Å². The molecule has 2 saturated heterocycles. The molecule has 28 heavy (non-hydrogen) atoms. The minimum absolute atomic E-state index is 0.570. The number of aromatic amines is 1. The maximum atomic E-state index is 5.59. The standard InChI is InChI=1S/C23H28N4O/c1-16-13-24-23-20(16)12-18(14-25-23)21-5-4-19(17-6-10-28-11-7-17)22(26-21)15-27-8-2-3-9-27/h4-5,12-14,17H,2-3,6-11,15H2,1H3,(H,24,25). The predicted molar refractivity (Wildman–Crippen MR) is 111 cm³/mol. The van der Waals surface area contributed by atoms with E-state index >= 15 is 0 Å². The van der Waals surface area contributed by atoms with Gasteiger partial charge in [0.2, 0.25) is 0 Å². The van der Waals surface area contributed by atoms with Crippen molar-refractivity contribution in [3.8, 4) is 11.3 Å². The van der Waals surface area contributed by atoms with Crippen LogP contribution < -0.4 is 0 Å². The van der Waals surface area contributed by atoms with Crippen molar-refractivity contribution in [3.63, 3.8) is 0 Å². The lowest BCUT2D eigenvalue weighted by Crippen LogP contribution is -2.22. The molecule has 5 nitrogen and oxygen atoms in total. The summed E-state index contributed by atoms with van der Waals surface area (Å²) in [5.41, 5.74) is 6.96. The lowest BCUT2D eigenvalue weighted by atomic mass is 9.90. The molecule has 3 aromatic heterocycles. The lowest BCUT2D eigenvalue weighted by molar-refractivity contribution is 0.0849. The molecular weight excluding hydrogens is 348 g/mol. The number of pyridine rings is 2. The summed E-state index contributed by atoms with van der Waals surface area (Å²) >= 11 is 0. The Labute approximate surface area is 166 Å². The molecule has 3 aromatic rings. The molecule has 0 radical (unpaired) electrons. The van der Waals surface area contributed by atoms with E-state index in [1.165, 1.54) is 48.1 Å². The van der Waals surface area contributed by atoms with Gasteiger partial charge >= 0.3 is 0 Å². The van der Waals surface area contributed by atoms with Crippen LogP contribution in [0, 0.1) is 6.92 Å². The summed E-state index contributed by atoms with van der Waals surface area (Å²) in [6.07, 6.45) is 8.77. The Morgan fingerprint density at radius 1 is 1.18 bits per heavy atom. The fourth-order valence-corrected chi connectivity index (χ4v) is 4.61. The first-order valence-corrected chi connectivity index (χ1v) is 10.5. The average molecular weight is 377 g/mol. The minimum atomic E-state index is 0.570. The molecule has 5 rings (SSSR count). The molecule has 2 aliphatic rings. The molecule has 2 aliphatic heterocycles. The van der Waals surface area contributed by atoms with Gasteiger partial charge in [-0.3, -0.25) is 9.88 Å². The van der Waals surface area contributed by atoms with E-state index in [1.54, 1.807) is 0 Å². The maximum Gasteiger partial charge on any atom is 0.137 e. The molecule has 0 saturated carbocycles. The first kappa shape index (κ1) is 17.8. The maximum absolute atomic E-state index is 5.59. The van der Waals surface area contributed by atoms with Gasteiger partial charge in [0, 0.05) is 43.1 Å². The van der Waals surface area contributed by atoms with Crippen LogP contribution in [-0.2, 0) is 11.3 Å². The van der Waals surface area contributed by atoms with Gasteiger partial charge in [-0.2, -0.15) is 0 Å². The summed E-state index contributed by atoms with van der Waals surface area (Å²) in [6.45, 7) is 7.18. The number of aryl methyl sites for hydroxylation is 1. The highest BCUT2D eigenvalue weighted by Gasteiger charge is 2.22. The average Bonchev–Trinajstić information content (AvgIpc) is 3.38. The molecule has 0 unspecified atom stereocenters. The summed E-state index contributed by atoms with van der Waals surface area (Å²) in [5.74, 6) is 0.570. The molecule has 5 heterocycles. The van der Waals surface area contributed by atoms with Crippen molar-refractivity contribution in [2.45, 2.75) is 45.1 Å². The number of H-pyrrole nitrogens is 1. The molecule has 5 heteroatoms. The number of rotatable bonds is 4. The summed E-state index contributed by atoms with van der Waals surface area (Å²) in [4.78, 5) is 15.5. The molecule has 0 aliphatic carbocycles. The minimum Gasteiger partial charge on any atom is -0.381 e. The second-order valence-corrected chi connectivity index (χ2v) is 8.19. The first-order valence-electron chi connectivity index (χ1n) is 10.5. The normalized spacial score (nSPS) is 18.9. The van der Waals surface area contributed by atoms with Gasteiger partial charge in [0.25, 0.3) is 0 Å². The Morgan fingerprint density at radius 2 is 2.00 bits per heavy atom. The lowest BCUT2D eigenvalue weighted by Gasteiger charge is -2.26. The largest absolute Gasteiger partial charge is 0.381 e. The summed E-state index contributed by atoms with van der Waals surface area (Å²) in [6, 6.07) is 6.71. The molecule has 0 bridgehead atoms. The van der Waals surface area contributed by atoms with Gasteiger partial charge in [-0.15, -0.1) is 0 Å². The number of aromatic nitrogens is 3. The van der Waals surface area contributed by atoms with Crippen LogP contribution in [0.3, 0.4) is 0 Å². The number of hydrogen-bond acceptors (Lipinski definition) is 4. The molecule has 146 valence electrons. The molecule has 0 spiro atoms. The van der Waals surface area contributed by atoms with Crippen LogP contribution in [-0.4, -0.2) is 46.2 Å². The third-order valence-corrected chi connectivity index (χ3v) is 6.28. The van der Waals surface area contributed by atoms with E-state index in [0.29, 0.717) is 5.92 Å². The van der Waals surface area contributed by atoms with E-state index in [9.17, 15) is 0 Å². The third-order valence-electron chi connectivity index (χ3n) is 6.28. The molecule has 2 fully saturated rings. The highest BCUT2D eigenvalue weighted by molar-refractivity contribution is 5.83. The molecule has 0 aromatic carbocycles. The monoisotopic (exact) mass is 376 g/mol. The van der Waals surface area contributed by atoms with Gasteiger partial charge < -0.3 is 9.72 Å². The van der Waals surface area contributed by atoms with Crippen molar-refractivity contribution in [1.29, 1.82) is 0 Å². The third kappa shape index (κ3) is 3.45. The fourth-order valence-electron chi connectivity index (χ4n) is 4.61. The first-order chi connectivity index (χ1) is 13.8. The van der Waals surface area contributed by atoms with Gasteiger partial charge in [0.1, 0.15) is 5.65 Å². The van der Waals surface area contributed by atoms with Crippen molar-refractivity contribution >= 4 is 11.0 Å². The van der Waals surface area contributed by atoms with Gasteiger partial charge in [-0.25, -0.2) is 4.98 Å². The van der Waals surface area contributed by atoms with Crippen molar-refractivity contribution in [3.05, 3.63) is 47.4 Å². The number of hydrogen-bond donors (Lipinski definition) is 1. The molecule has 1 N–H and O–H groups in total. The van der Waals surface area contributed by atoms with Gasteiger partial charge in [-0.05, 0) is 74.9 Å². The van der Waals surface area contributed by atoms with E-state index in [0.717, 1.165) is 49.5 Å². The van der Waals surface area contributed by atoms with Gasteiger partial charge in [-0.1, -0.05) is 6.07 Å². The quantitative estimate of drug-likeness (QED) is 0.732. The van der Waals surface area contributed by atoms with Crippen molar-refractivity contribution < 1.29 is 4.74 Å². The van der Waals surface area contributed by atoms with Crippen molar-refractivity contribution in [2.24, 2.45) is 0 Å². The second kappa shape index (κ2) is 7.64. The number of nitrogens with one attached hydrogen (secondary N) is 1. The number of ether oxygens (including phenoxy) is 1. The molecular formula is C23H28N4O. The van der Waals surface area contributed by atoms with Crippen molar-refractivity contribution in [2.75, 3.05) is 26.3 Å².